The van der Waals surface area contributed by atoms with Gasteiger partial charge in [0.15, 0.2) is 0 Å². The van der Waals surface area contributed by atoms with Gasteiger partial charge in [-0.05, 0) is 105 Å². The van der Waals surface area contributed by atoms with Crippen molar-refractivity contribution in [2.24, 2.45) is 11.8 Å². The number of hydrogen-bond donors (Lipinski definition) is 2. The largest absolute Gasteiger partial charge is 0.494 e. The van der Waals surface area contributed by atoms with Crippen LogP contribution in [0.25, 0.3) is 0 Å². The highest BCUT2D eigenvalue weighted by Crippen LogP contribution is 2.34. The second-order valence-electron chi connectivity index (χ2n) is 14.7. The number of rotatable bonds is 14. The lowest BCUT2D eigenvalue weighted by molar-refractivity contribution is -0.146. The summed E-state index contributed by atoms with van der Waals surface area (Å²) in [7, 11) is 1.75. The molecular weight excluding hydrogens is 720 g/mol. The number of halogens is 3. The number of anilines is 2. The number of carbonyl (C=O) groups excluding carboxylic acids is 3. The molecule has 3 atom stereocenters. The number of alkyl halides is 3. The van der Waals surface area contributed by atoms with E-state index in [0.29, 0.717) is 44.0 Å². The third kappa shape index (κ3) is 15.1. The van der Waals surface area contributed by atoms with Crippen LogP contribution in [-0.2, 0) is 38.4 Å². The summed E-state index contributed by atoms with van der Waals surface area (Å²) in [5, 5.41) is 5.92. The van der Waals surface area contributed by atoms with Gasteiger partial charge in [-0.1, -0.05) is 72.6 Å². The molecule has 3 unspecified atom stereocenters. The van der Waals surface area contributed by atoms with Crippen molar-refractivity contribution < 1.29 is 37.0 Å². The highest BCUT2D eigenvalue weighted by Gasteiger charge is 2.31. The van der Waals surface area contributed by atoms with E-state index in [1.807, 2.05) is 86.6 Å². The van der Waals surface area contributed by atoms with E-state index in [1.54, 1.807) is 18.0 Å². The Morgan fingerprint density at radius 2 is 1.46 bits per heavy atom. The summed E-state index contributed by atoms with van der Waals surface area (Å²) in [6.45, 7) is 8.90. The fourth-order valence-electron chi connectivity index (χ4n) is 6.68. The number of amides is 2. The summed E-state index contributed by atoms with van der Waals surface area (Å²) < 4.78 is 49.2. The summed E-state index contributed by atoms with van der Waals surface area (Å²) in [5.41, 5.74) is 5.02. The molecule has 0 aliphatic heterocycles. The van der Waals surface area contributed by atoms with Crippen molar-refractivity contribution in [2.75, 3.05) is 18.6 Å². The highest BCUT2D eigenvalue weighted by atomic mass is 19.4. The number of ether oxygens (including phenoxy) is 2. The molecule has 1 aliphatic rings. The van der Waals surface area contributed by atoms with Gasteiger partial charge in [-0.3, -0.25) is 14.4 Å². The molecule has 0 saturated heterocycles. The number of hydrogen-bond acceptors (Lipinski definition) is 6. The van der Waals surface area contributed by atoms with Crippen LogP contribution in [0.5, 0.6) is 5.75 Å². The van der Waals surface area contributed by atoms with Crippen LogP contribution in [0.3, 0.4) is 0 Å². The number of esters is 1. The molecule has 300 valence electrons. The minimum absolute atomic E-state index is 0.00894. The van der Waals surface area contributed by atoms with Crippen molar-refractivity contribution in [1.29, 1.82) is 0 Å². The second kappa shape index (κ2) is 21.1. The molecule has 0 bridgehead atoms. The van der Waals surface area contributed by atoms with Crippen LogP contribution in [0.15, 0.2) is 97.1 Å². The molecule has 0 aromatic heterocycles. The third-order valence-corrected chi connectivity index (χ3v) is 9.64. The lowest BCUT2D eigenvalue weighted by atomic mass is 9.78. The molecule has 11 heteroatoms. The summed E-state index contributed by atoms with van der Waals surface area (Å²) in [6.07, 6.45) is -0.150. The average molecular weight is 774 g/mol. The zero-order chi connectivity index (χ0) is 40.7. The van der Waals surface area contributed by atoms with Crippen LogP contribution in [0.2, 0.25) is 0 Å². The van der Waals surface area contributed by atoms with Crippen molar-refractivity contribution in [3.8, 4) is 5.75 Å². The van der Waals surface area contributed by atoms with Crippen molar-refractivity contribution in [2.45, 2.75) is 91.6 Å². The van der Waals surface area contributed by atoms with Crippen molar-refractivity contribution in [3.05, 3.63) is 125 Å². The van der Waals surface area contributed by atoms with Crippen LogP contribution in [-0.4, -0.2) is 37.5 Å². The highest BCUT2D eigenvalue weighted by molar-refractivity contribution is 5.75. The van der Waals surface area contributed by atoms with Gasteiger partial charge in [-0.25, -0.2) is 0 Å². The van der Waals surface area contributed by atoms with Crippen LogP contribution in [0, 0.1) is 25.7 Å². The lowest BCUT2D eigenvalue weighted by Gasteiger charge is -2.33. The standard InChI is InChI=1S/C30H40N2O5.C15H14F3N/c1-21-6-8-24(9-7-21)19-31-29(34)5-4-14-36-28-12-10-25(11-13-28)20-37-30(35)18-26-15-22(2)16-27(17-26)32-23(3)33;1-11-6-8-13(9-7-11)19(2)14-5-3-4-12(10-14)15(16,17)18/h6-13,22,26-27H,4-5,14-20H2,1-3H3,(H,31,34)(H,32,33);3-10H,1-2H3. The fraction of sp³-hybridized carbons (Fsp3) is 0.400. The first-order chi connectivity index (χ1) is 26.6. The lowest BCUT2D eigenvalue weighted by Crippen LogP contribution is -2.39. The van der Waals surface area contributed by atoms with Crippen molar-refractivity contribution >= 4 is 29.2 Å². The Kier molecular flexibility index (Phi) is 16.4. The molecule has 0 spiro atoms. The molecule has 0 heterocycles. The van der Waals surface area contributed by atoms with Crippen LogP contribution in [0.4, 0.5) is 24.5 Å². The van der Waals surface area contributed by atoms with E-state index < -0.39 is 11.7 Å². The molecule has 1 saturated carbocycles. The van der Waals surface area contributed by atoms with E-state index in [-0.39, 0.29) is 36.4 Å². The summed E-state index contributed by atoms with van der Waals surface area (Å²) in [5.74, 6) is 1.21. The Morgan fingerprint density at radius 1 is 0.821 bits per heavy atom. The smallest absolute Gasteiger partial charge is 0.416 e. The third-order valence-electron chi connectivity index (χ3n) is 9.64. The number of nitrogens with one attached hydrogen (secondary N) is 2. The second-order valence-corrected chi connectivity index (χ2v) is 14.7. The Balaban J connectivity index is 0.000000306. The maximum atomic E-state index is 12.7. The van der Waals surface area contributed by atoms with E-state index in [0.717, 1.165) is 59.5 Å². The Labute approximate surface area is 328 Å². The van der Waals surface area contributed by atoms with Gasteiger partial charge < -0.3 is 25.0 Å². The van der Waals surface area contributed by atoms with Gasteiger partial charge in [0.2, 0.25) is 11.8 Å². The van der Waals surface area contributed by atoms with Crippen LogP contribution in [0.1, 0.15) is 80.2 Å². The first-order valence-corrected chi connectivity index (χ1v) is 19.1. The molecule has 4 aromatic carbocycles. The van der Waals surface area contributed by atoms with Gasteiger partial charge in [-0.2, -0.15) is 13.2 Å². The quantitative estimate of drug-likeness (QED) is 0.0979. The van der Waals surface area contributed by atoms with Gasteiger partial charge in [0.25, 0.3) is 0 Å². The minimum atomic E-state index is -4.32. The maximum Gasteiger partial charge on any atom is 0.416 e. The van der Waals surface area contributed by atoms with Crippen LogP contribution >= 0.6 is 0 Å². The normalized spacial score (nSPS) is 16.5. The van der Waals surface area contributed by atoms with E-state index >= 15 is 0 Å². The Hall–Kier alpha value is -5.32. The molecule has 8 nitrogen and oxygen atoms in total. The van der Waals surface area contributed by atoms with E-state index in [9.17, 15) is 27.6 Å². The first kappa shape index (κ1) is 43.4. The van der Waals surface area contributed by atoms with Gasteiger partial charge >= 0.3 is 12.1 Å². The Bertz CT molecular complexity index is 1850. The summed E-state index contributed by atoms with van der Waals surface area (Å²) in [6, 6.07) is 28.6. The van der Waals surface area contributed by atoms with Gasteiger partial charge in [0.05, 0.1) is 12.2 Å². The van der Waals surface area contributed by atoms with Gasteiger partial charge in [0.1, 0.15) is 12.4 Å². The van der Waals surface area contributed by atoms with Gasteiger partial charge in [-0.15, -0.1) is 0 Å². The number of carbonyl (C=O) groups is 3. The van der Waals surface area contributed by atoms with Crippen molar-refractivity contribution in [3.63, 3.8) is 0 Å². The van der Waals surface area contributed by atoms with E-state index in [4.69, 9.17) is 9.47 Å². The zero-order valence-corrected chi connectivity index (χ0v) is 33.0. The van der Waals surface area contributed by atoms with E-state index in [1.165, 1.54) is 18.6 Å². The Morgan fingerprint density at radius 3 is 2.11 bits per heavy atom. The SMILES string of the molecule is CC(=O)NC1CC(C)CC(CC(=O)OCc2ccc(OCCCC(=O)NCc3ccc(C)cc3)cc2)C1.Cc1ccc(N(C)c2cccc(C(F)(F)F)c2)cc1. The monoisotopic (exact) mass is 773 g/mol. The molecule has 2 amide bonds. The number of benzene rings is 4. The predicted octanol–water partition coefficient (Wildman–Crippen LogP) is 9.63. The summed E-state index contributed by atoms with van der Waals surface area (Å²) in [4.78, 5) is 37.5. The van der Waals surface area contributed by atoms with Gasteiger partial charge in [0, 0.05) is 50.8 Å². The fourth-order valence-corrected chi connectivity index (χ4v) is 6.68. The molecular formula is C45H54F3N3O5. The minimum Gasteiger partial charge on any atom is -0.494 e. The topological polar surface area (TPSA) is 97.0 Å². The summed E-state index contributed by atoms with van der Waals surface area (Å²) >= 11 is 0. The van der Waals surface area contributed by atoms with E-state index in [2.05, 4.69) is 17.6 Å². The number of nitrogens with zero attached hydrogens (tertiary/aromatic N) is 1. The molecule has 5 rings (SSSR count). The number of aryl methyl sites for hydroxylation is 2. The molecule has 56 heavy (non-hydrogen) atoms. The maximum absolute atomic E-state index is 12.7. The average Bonchev–Trinajstić information content (AvgIpc) is 3.15. The molecule has 4 aromatic rings. The molecule has 2 N–H and O–H groups in total. The molecule has 1 fully saturated rings. The van der Waals surface area contributed by atoms with Crippen molar-refractivity contribution in [1.82, 2.24) is 10.6 Å². The first-order valence-electron chi connectivity index (χ1n) is 19.1. The predicted molar refractivity (Wildman–Crippen MR) is 213 cm³/mol. The molecule has 1 aliphatic carbocycles. The zero-order valence-electron chi connectivity index (χ0n) is 33.0. The molecule has 0 radical (unpaired) electrons. The van der Waals surface area contributed by atoms with Crippen LogP contribution < -0.4 is 20.3 Å².